The maximum atomic E-state index is 9.46. The van der Waals surface area contributed by atoms with Crippen molar-refractivity contribution in [1.82, 2.24) is 0 Å². The summed E-state index contributed by atoms with van der Waals surface area (Å²) in [5.74, 6) is -0.126. The summed E-state index contributed by atoms with van der Waals surface area (Å²) in [4.78, 5) is 4.28. The number of aryl methyl sites for hydroxylation is 1. The van der Waals surface area contributed by atoms with Crippen LogP contribution in [0.25, 0.3) is 0 Å². The standard InChI is InChI=1S/C14H10Cl3NO/c1-8-2-3-10(6-11(8)15)18-7-9-4-12(16)14(19)13(17)5-9/h2-7,19H,1H3. The molecule has 0 aliphatic heterocycles. The van der Waals surface area contributed by atoms with Gasteiger partial charge in [0.05, 0.1) is 15.7 Å². The molecule has 0 fully saturated rings. The molecule has 0 unspecified atom stereocenters. The second-order valence-corrected chi connectivity index (χ2v) is 5.25. The molecule has 0 heterocycles. The van der Waals surface area contributed by atoms with Gasteiger partial charge in [-0.05, 0) is 42.3 Å². The van der Waals surface area contributed by atoms with Crippen LogP contribution in [0.15, 0.2) is 35.3 Å². The Kier molecular flexibility index (Phi) is 4.35. The molecule has 0 saturated heterocycles. The lowest BCUT2D eigenvalue weighted by Gasteiger charge is -2.02. The monoisotopic (exact) mass is 313 g/mol. The average Bonchev–Trinajstić information content (AvgIpc) is 2.37. The first-order valence-electron chi connectivity index (χ1n) is 5.45. The van der Waals surface area contributed by atoms with E-state index in [2.05, 4.69) is 4.99 Å². The van der Waals surface area contributed by atoms with Crippen molar-refractivity contribution in [3.05, 3.63) is 56.5 Å². The number of hydrogen-bond donors (Lipinski definition) is 1. The number of nitrogens with zero attached hydrogens (tertiary/aromatic N) is 1. The van der Waals surface area contributed by atoms with Crippen molar-refractivity contribution in [2.75, 3.05) is 0 Å². The zero-order chi connectivity index (χ0) is 14.0. The van der Waals surface area contributed by atoms with E-state index in [0.29, 0.717) is 10.6 Å². The fourth-order valence-electron chi connectivity index (χ4n) is 1.47. The van der Waals surface area contributed by atoms with Crippen molar-refractivity contribution < 1.29 is 5.11 Å². The van der Waals surface area contributed by atoms with Crippen LogP contribution >= 0.6 is 34.8 Å². The Balaban J connectivity index is 2.30. The summed E-state index contributed by atoms with van der Waals surface area (Å²) >= 11 is 17.7. The molecular weight excluding hydrogens is 305 g/mol. The SMILES string of the molecule is Cc1ccc(N=Cc2cc(Cl)c(O)c(Cl)c2)cc1Cl. The molecule has 98 valence electrons. The van der Waals surface area contributed by atoms with Gasteiger partial charge in [0.2, 0.25) is 0 Å². The van der Waals surface area contributed by atoms with Gasteiger partial charge in [-0.2, -0.15) is 0 Å². The topological polar surface area (TPSA) is 32.6 Å². The average molecular weight is 315 g/mol. The lowest BCUT2D eigenvalue weighted by Crippen LogP contribution is -1.83. The van der Waals surface area contributed by atoms with E-state index in [0.717, 1.165) is 11.3 Å². The van der Waals surface area contributed by atoms with Crippen molar-refractivity contribution in [3.63, 3.8) is 0 Å². The predicted octanol–water partition coefficient (Wildman–Crippen LogP) is 5.41. The second-order valence-electron chi connectivity index (χ2n) is 4.02. The molecule has 0 aliphatic rings. The van der Waals surface area contributed by atoms with E-state index in [1.807, 2.05) is 19.1 Å². The number of phenolic OH excluding ortho intramolecular Hbond substituents is 1. The van der Waals surface area contributed by atoms with E-state index < -0.39 is 0 Å². The highest BCUT2D eigenvalue weighted by Gasteiger charge is 2.05. The first kappa shape index (κ1) is 14.2. The molecule has 0 atom stereocenters. The van der Waals surface area contributed by atoms with Crippen molar-refractivity contribution in [2.24, 2.45) is 4.99 Å². The van der Waals surface area contributed by atoms with E-state index in [1.54, 1.807) is 24.4 Å². The van der Waals surface area contributed by atoms with Crippen LogP contribution < -0.4 is 0 Å². The Morgan fingerprint density at radius 3 is 2.21 bits per heavy atom. The van der Waals surface area contributed by atoms with Gasteiger partial charge in [0.15, 0.2) is 5.75 Å². The molecule has 1 N–H and O–H groups in total. The molecule has 19 heavy (non-hydrogen) atoms. The largest absolute Gasteiger partial charge is 0.505 e. The molecular formula is C14H10Cl3NO. The Labute approximate surface area is 126 Å². The summed E-state index contributed by atoms with van der Waals surface area (Å²) in [6.45, 7) is 1.93. The van der Waals surface area contributed by atoms with Gasteiger partial charge in [-0.3, -0.25) is 4.99 Å². The zero-order valence-electron chi connectivity index (χ0n) is 9.99. The molecule has 0 aromatic heterocycles. The Morgan fingerprint density at radius 2 is 1.63 bits per heavy atom. The minimum Gasteiger partial charge on any atom is -0.505 e. The number of benzene rings is 2. The molecule has 2 nitrogen and oxygen atoms in total. The third-order valence-corrected chi connectivity index (χ3v) is 3.54. The third-order valence-electron chi connectivity index (χ3n) is 2.56. The van der Waals surface area contributed by atoms with Gasteiger partial charge in [-0.15, -0.1) is 0 Å². The molecule has 0 bridgehead atoms. The first-order chi connectivity index (χ1) is 8.97. The smallest absolute Gasteiger partial charge is 0.152 e. The van der Waals surface area contributed by atoms with E-state index >= 15 is 0 Å². The summed E-state index contributed by atoms with van der Waals surface area (Å²) in [6, 6.07) is 8.70. The molecule has 0 saturated carbocycles. The van der Waals surface area contributed by atoms with Crippen LogP contribution in [0.3, 0.4) is 0 Å². The van der Waals surface area contributed by atoms with Gasteiger partial charge in [-0.1, -0.05) is 40.9 Å². The van der Waals surface area contributed by atoms with Crippen molar-refractivity contribution in [3.8, 4) is 5.75 Å². The fourth-order valence-corrected chi connectivity index (χ4v) is 2.15. The van der Waals surface area contributed by atoms with Crippen LogP contribution in [0, 0.1) is 6.92 Å². The highest BCUT2D eigenvalue weighted by molar-refractivity contribution is 6.37. The van der Waals surface area contributed by atoms with Crippen LogP contribution in [0.1, 0.15) is 11.1 Å². The quantitative estimate of drug-likeness (QED) is 0.738. The number of phenols is 1. The molecule has 2 aromatic rings. The Hall–Kier alpha value is -1.22. The molecule has 0 radical (unpaired) electrons. The molecule has 0 amide bonds. The summed E-state index contributed by atoms with van der Waals surface area (Å²) in [5, 5.41) is 10.5. The Bertz CT molecular complexity index is 630. The Morgan fingerprint density at radius 1 is 1.00 bits per heavy atom. The lowest BCUT2D eigenvalue weighted by molar-refractivity contribution is 0.476. The van der Waals surface area contributed by atoms with Crippen LogP contribution in [0.5, 0.6) is 5.75 Å². The van der Waals surface area contributed by atoms with Gasteiger partial charge in [-0.25, -0.2) is 0 Å². The van der Waals surface area contributed by atoms with Gasteiger partial charge >= 0.3 is 0 Å². The van der Waals surface area contributed by atoms with Crippen molar-refractivity contribution >= 4 is 46.7 Å². The molecule has 0 aliphatic carbocycles. The van der Waals surface area contributed by atoms with Crippen LogP contribution in [0.4, 0.5) is 5.69 Å². The van der Waals surface area contributed by atoms with Crippen LogP contribution in [-0.4, -0.2) is 11.3 Å². The summed E-state index contributed by atoms with van der Waals surface area (Å²) in [5.41, 5.74) is 2.43. The maximum Gasteiger partial charge on any atom is 0.152 e. The summed E-state index contributed by atoms with van der Waals surface area (Å²) < 4.78 is 0. The number of aliphatic imine (C=N–C) groups is 1. The van der Waals surface area contributed by atoms with E-state index in [9.17, 15) is 5.11 Å². The molecule has 0 spiro atoms. The van der Waals surface area contributed by atoms with Gasteiger partial charge < -0.3 is 5.11 Å². The van der Waals surface area contributed by atoms with Crippen molar-refractivity contribution in [2.45, 2.75) is 6.92 Å². The molecule has 2 aromatic carbocycles. The normalized spacial score (nSPS) is 11.2. The lowest BCUT2D eigenvalue weighted by atomic mass is 10.2. The highest BCUT2D eigenvalue weighted by atomic mass is 35.5. The predicted molar refractivity (Wildman–Crippen MR) is 81.6 cm³/mol. The van der Waals surface area contributed by atoms with E-state index in [1.165, 1.54) is 0 Å². The number of hydrogen-bond acceptors (Lipinski definition) is 2. The van der Waals surface area contributed by atoms with E-state index in [-0.39, 0.29) is 15.8 Å². The third kappa shape index (κ3) is 3.41. The van der Waals surface area contributed by atoms with Crippen LogP contribution in [-0.2, 0) is 0 Å². The van der Waals surface area contributed by atoms with Crippen LogP contribution in [0.2, 0.25) is 15.1 Å². The minimum atomic E-state index is -0.126. The second kappa shape index (κ2) is 5.83. The number of rotatable bonds is 2. The van der Waals surface area contributed by atoms with Crippen molar-refractivity contribution in [1.29, 1.82) is 0 Å². The number of aromatic hydroxyl groups is 1. The maximum absolute atomic E-state index is 9.46. The van der Waals surface area contributed by atoms with E-state index in [4.69, 9.17) is 34.8 Å². The van der Waals surface area contributed by atoms with Gasteiger partial charge in [0.1, 0.15) is 0 Å². The summed E-state index contributed by atoms with van der Waals surface area (Å²) in [7, 11) is 0. The zero-order valence-corrected chi connectivity index (χ0v) is 12.3. The summed E-state index contributed by atoms with van der Waals surface area (Å²) in [6.07, 6.45) is 1.61. The number of halogens is 3. The first-order valence-corrected chi connectivity index (χ1v) is 6.59. The van der Waals surface area contributed by atoms with Gasteiger partial charge in [0.25, 0.3) is 0 Å². The molecule has 5 heteroatoms. The molecule has 2 rings (SSSR count). The van der Waals surface area contributed by atoms with Gasteiger partial charge in [0, 0.05) is 11.2 Å². The highest BCUT2D eigenvalue weighted by Crippen LogP contribution is 2.32. The minimum absolute atomic E-state index is 0.126. The fraction of sp³-hybridized carbons (Fsp3) is 0.0714.